The van der Waals surface area contributed by atoms with Gasteiger partial charge < -0.3 is 14.6 Å². The van der Waals surface area contributed by atoms with Gasteiger partial charge in [-0.1, -0.05) is 24.3 Å². The van der Waals surface area contributed by atoms with Crippen LogP contribution in [0.1, 0.15) is 43.1 Å². The number of furan rings is 1. The van der Waals surface area contributed by atoms with Crippen LogP contribution in [0.2, 0.25) is 0 Å². The number of aryl methyl sites for hydroxylation is 1. The first kappa shape index (κ1) is 20.3. The van der Waals surface area contributed by atoms with E-state index in [0.717, 1.165) is 35.3 Å². The predicted molar refractivity (Wildman–Crippen MR) is 116 cm³/mol. The second-order valence-corrected chi connectivity index (χ2v) is 9.47. The summed E-state index contributed by atoms with van der Waals surface area (Å²) in [7, 11) is 0. The van der Waals surface area contributed by atoms with Crippen molar-refractivity contribution in [3.8, 4) is 0 Å². The van der Waals surface area contributed by atoms with Crippen molar-refractivity contribution in [1.82, 2.24) is 15.1 Å². The minimum absolute atomic E-state index is 0.0123. The lowest BCUT2D eigenvalue weighted by atomic mass is 9.92. The van der Waals surface area contributed by atoms with Gasteiger partial charge in [0.15, 0.2) is 4.67 Å². The lowest BCUT2D eigenvalue weighted by molar-refractivity contribution is -0.141. The van der Waals surface area contributed by atoms with Crippen LogP contribution < -0.4 is 5.32 Å². The molecule has 5 rings (SSSR count). The molecule has 8 heteroatoms. The smallest absolute Gasteiger partial charge is 0.325 e. The van der Waals surface area contributed by atoms with Gasteiger partial charge in [0.25, 0.3) is 5.91 Å². The molecule has 0 bridgehead atoms. The van der Waals surface area contributed by atoms with Gasteiger partial charge in [0, 0.05) is 6.04 Å². The Morgan fingerprint density at radius 2 is 2.06 bits per heavy atom. The number of carbonyl (C=O) groups excluding carboxylic acids is 3. The molecule has 1 saturated heterocycles. The summed E-state index contributed by atoms with van der Waals surface area (Å²) in [6.07, 6.45) is 3.40. The van der Waals surface area contributed by atoms with Gasteiger partial charge in [0.05, 0.1) is 6.54 Å². The molecule has 1 saturated carbocycles. The third-order valence-electron chi connectivity index (χ3n) is 6.79. The summed E-state index contributed by atoms with van der Waals surface area (Å²) in [4.78, 5) is 42.3. The maximum absolute atomic E-state index is 13.4. The molecule has 1 spiro atoms. The Labute approximate surface area is 188 Å². The third-order valence-corrected chi connectivity index (χ3v) is 7.21. The van der Waals surface area contributed by atoms with Crippen LogP contribution in [0.3, 0.4) is 0 Å². The summed E-state index contributed by atoms with van der Waals surface area (Å²) in [5.41, 5.74) is 0.857. The number of hydrogen-bond donors (Lipinski definition) is 1. The van der Waals surface area contributed by atoms with Crippen molar-refractivity contribution in [1.29, 1.82) is 0 Å². The number of amides is 4. The highest BCUT2D eigenvalue weighted by atomic mass is 79.9. The van der Waals surface area contributed by atoms with Crippen molar-refractivity contribution >= 4 is 33.8 Å². The molecule has 2 unspecified atom stereocenters. The van der Waals surface area contributed by atoms with Crippen LogP contribution >= 0.6 is 15.9 Å². The van der Waals surface area contributed by atoms with Crippen LogP contribution in [0, 0.1) is 5.92 Å². The van der Waals surface area contributed by atoms with Gasteiger partial charge in [-0.05, 0) is 77.7 Å². The Hall–Kier alpha value is -2.61. The maximum Gasteiger partial charge on any atom is 0.325 e. The average molecular weight is 486 g/mol. The van der Waals surface area contributed by atoms with Crippen molar-refractivity contribution in [3.63, 3.8) is 0 Å². The number of benzene rings is 1. The Kier molecular flexibility index (Phi) is 4.92. The molecule has 162 valence electrons. The molecule has 2 fully saturated rings. The number of carbonyl (C=O) groups is 3. The van der Waals surface area contributed by atoms with Gasteiger partial charge in [-0.2, -0.15) is 0 Å². The van der Waals surface area contributed by atoms with E-state index in [9.17, 15) is 14.4 Å². The molecule has 1 aromatic heterocycles. The highest BCUT2D eigenvalue weighted by Gasteiger charge is 2.55. The van der Waals surface area contributed by atoms with E-state index in [1.54, 1.807) is 11.0 Å². The molecule has 7 nitrogen and oxygen atoms in total. The molecule has 2 aliphatic carbocycles. The van der Waals surface area contributed by atoms with Crippen molar-refractivity contribution in [3.05, 3.63) is 58.0 Å². The SMILES string of the molecule is CC(C1CC1)N(Cc1ccc(Br)o1)C(=O)CN1C(=O)NC2(CCc3ccccc32)C1=O. The highest BCUT2D eigenvalue weighted by Crippen LogP contribution is 2.41. The first-order chi connectivity index (χ1) is 14.9. The Balaban J connectivity index is 1.37. The second-order valence-electron chi connectivity index (χ2n) is 8.69. The number of nitrogens with zero attached hydrogens (tertiary/aromatic N) is 2. The number of halogens is 1. The quantitative estimate of drug-likeness (QED) is 0.634. The standard InChI is InChI=1S/C23H24BrN3O4/c1-14(15-6-7-15)26(12-17-8-9-19(24)31-17)20(28)13-27-21(29)23(25-22(27)30)11-10-16-4-2-3-5-18(16)23/h2-5,8-9,14-15H,6-7,10-13H2,1H3,(H,25,30). The fourth-order valence-electron chi connectivity index (χ4n) is 4.86. The number of urea groups is 1. The molecule has 1 N–H and O–H groups in total. The van der Waals surface area contributed by atoms with Crippen LogP contribution in [0.15, 0.2) is 45.5 Å². The minimum atomic E-state index is -1.05. The largest absolute Gasteiger partial charge is 0.452 e. The summed E-state index contributed by atoms with van der Waals surface area (Å²) in [5, 5.41) is 2.89. The van der Waals surface area contributed by atoms with Crippen molar-refractivity contribution < 1.29 is 18.8 Å². The fraction of sp³-hybridized carbons (Fsp3) is 0.435. The zero-order valence-corrected chi connectivity index (χ0v) is 18.9. The minimum Gasteiger partial charge on any atom is -0.452 e. The van der Waals surface area contributed by atoms with E-state index in [1.165, 1.54) is 0 Å². The lowest BCUT2D eigenvalue weighted by Gasteiger charge is -2.30. The summed E-state index contributed by atoms with van der Waals surface area (Å²) < 4.78 is 6.21. The van der Waals surface area contributed by atoms with Crippen molar-refractivity contribution in [2.45, 2.75) is 50.7 Å². The van der Waals surface area contributed by atoms with Gasteiger partial charge in [-0.3, -0.25) is 14.5 Å². The van der Waals surface area contributed by atoms with E-state index in [4.69, 9.17) is 4.42 Å². The van der Waals surface area contributed by atoms with E-state index in [0.29, 0.717) is 29.3 Å². The molecule has 3 aliphatic rings. The molecule has 2 atom stereocenters. The van der Waals surface area contributed by atoms with E-state index in [1.807, 2.05) is 37.3 Å². The molecule has 4 amide bonds. The van der Waals surface area contributed by atoms with Crippen molar-refractivity contribution in [2.75, 3.05) is 6.54 Å². The van der Waals surface area contributed by atoms with E-state index >= 15 is 0 Å². The molecule has 2 aromatic rings. The highest BCUT2D eigenvalue weighted by molar-refractivity contribution is 9.10. The molecular formula is C23H24BrN3O4. The Bertz CT molecular complexity index is 1060. The zero-order valence-electron chi connectivity index (χ0n) is 17.3. The first-order valence-corrected chi connectivity index (χ1v) is 11.4. The van der Waals surface area contributed by atoms with E-state index in [-0.39, 0.29) is 24.4 Å². The number of rotatable bonds is 6. The molecule has 1 aromatic carbocycles. The molecule has 0 radical (unpaired) electrons. The molecule has 1 aliphatic heterocycles. The van der Waals surface area contributed by atoms with Gasteiger partial charge in [-0.25, -0.2) is 4.79 Å². The summed E-state index contributed by atoms with van der Waals surface area (Å²) in [6, 6.07) is 10.8. The predicted octanol–water partition coefficient (Wildman–Crippen LogP) is 3.56. The fourth-order valence-corrected chi connectivity index (χ4v) is 5.20. The van der Waals surface area contributed by atoms with Gasteiger partial charge in [0.2, 0.25) is 5.91 Å². The Morgan fingerprint density at radius 1 is 1.29 bits per heavy atom. The van der Waals surface area contributed by atoms with E-state index < -0.39 is 11.6 Å². The Morgan fingerprint density at radius 3 is 2.77 bits per heavy atom. The monoisotopic (exact) mass is 485 g/mol. The number of nitrogens with one attached hydrogen (secondary N) is 1. The summed E-state index contributed by atoms with van der Waals surface area (Å²) in [5.74, 6) is 0.513. The summed E-state index contributed by atoms with van der Waals surface area (Å²) in [6.45, 7) is 2.06. The van der Waals surface area contributed by atoms with Crippen LogP contribution in [0.4, 0.5) is 4.79 Å². The molecular weight excluding hydrogens is 462 g/mol. The van der Waals surface area contributed by atoms with Crippen LogP contribution in [-0.2, 0) is 28.1 Å². The number of fused-ring (bicyclic) bond motifs is 2. The lowest BCUT2D eigenvalue weighted by Crippen LogP contribution is -2.47. The molecule has 2 heterocycles. The second kappa shape index (κ2) is 7.51. The zero-order chi connectivity index (χ0) is 21.8. The van der Waals surface area contributed by atoms with Crippen LogP contribution in [0.25, 0.3) is 0 Å². The van der Waals surface area contributed by atoms with Crippen LogP contribution in [-0.4, -0.2) is 40.2 Å². The maximum atomic E-state index is 13.4. The van der Waals surface area contributed by atoms with Crippen molar-refractivity contribution in [2.24, 2.45) is 5.92 Å². The molecule has 31 heavy (non-hydrogen) atoms. The van der Waals surface area contributed by atoms with E-state index in [2.05, 4.69) is 21.2 Å². The number of imide groups is 1. The van der Waals surface area contributed by atoms with Gasteiger partial charge in [0.1, 0.15) is 17.8 Å². The van der Waals surface area contributed by atoms with Crippen LogP contribution in [0.5, 0.6) is 0 Å². The topological polar surface area (TPSA) is 82.9 Å². The normalized spacial score (nSPS) is 23.2. The summed E-state index contributed by atoms with van der Waals surface area (Å²) >= 11 is 3.30. The van der Waals surface area contributed by atoms with Gasteiger partial charge >= 0.3 is 6.03 Å². The average Bonchev–Trinajstić information content (AvgIpc) is 3.37. The number of hydrogen-bond acceptors (Lipinski definition) is 4. The third kappa shape index (κ3) is 3.46. The first-order valence-electron chi connectivity index (χ1n) is 10.7. The van der Waals surface area contributed by atoms with Gasteiger partial charge in [-0.15, -0.1) is 0 Å².